The fourth-order valence-corrected chi connectivity index (χ4v) is 6.79. The summed E-state index contributed by atoms with van der Waals surface area (Å²) in [6, 6.07) is 32.7. The maximum Gasteiger partial charge on any atom is 0.261 e. The van der Waals surface area contributed by atoms with E-state index in [0.29, 0.717) is 50.1 Å². The number of rotatable bonds is 10. The van der Waals surface area contributed by atoms with Gasteiger partial charge in [0.25, 0.3) is 23.6 Å². The fraction of sp³-hybridized carbons (Fsp3) is 0.143. The van der Waals surface area contributed by atoms with Crippen molar-refractivity contribution in [2.75, 3.05) is 20.2 Å². The number of amides is 4. The molecule has 5 aromatic carbocycles. The van der Waals surface area contributed by atoms with Crippen LogP contribution in [0.4, 0.5) is 4.39 Å². The Morgan fingerprint density at radius 1 is 0.788 bits per heavy atom. The molecule has 1 aromatic heterocycles. The Bertz CT molecular complexity index is 2360. The molecule has 0 atom stereocenters. The lowest BCUT2D eigenvalue weighted by Gasteiger charge is -2.19. The number of nitrogens with zero attached hydrogens (tertiary/aromatic N) is 1. The van der Waals surface area contributed by atoms with Crippen LogP contribution in [-0.4, -0.2) is 48.7 Å². The molecule has 2 aliphatic rings. The predicted molar refractivity (Wildman–Crippen MR) is 193 cm³/mol. The summed E-state index contributed by atoms with van der Waals surface area (Å²) in [5.74, 6) is -1.14. The standard InChI is InChI=1S/C42H32FN3O6/c1-44-39(48)36-33-23-26(13-18-35(33)52-37(36)25-11-15-29(43)16-12-25)32-24-27(38(47)45-42(19-20-42)28-7-3-2-4-8-28)14-17-34(32)51-22-21-46-40(49)30-9-5-6-10-31(30)41(46)50/h2-18,23-24H,19-22H2,1H3,(H,44,48)(H,45,47). The highest BCUT2D eigenvalue weighted by Gasteiger charge is 2.45. The van der Waals surface area contributed by atoms with Gasteiger partial charge in [-0.05, 0) is 90.7 Å². The fourth-order valence-electron chi connectivity index (χ4n) is 6.79. The van der Waals surface area contributed by atoms with E-state index in [9.17, 15) is 23.6 Å². The smallest absolute Gasteiger partial charge is 0.261 e. The summed E-state index contributed by atoms with van der Waals surface area (Å²) in [5, 5.41) is 6.41. The largest absolute Gasteiger partial charge is 0.491 e. The molecular formula is C42H32FN3O6. The van der Waals surface area contributed by atoms with Gasteiger partial charge in [0.05, 0.1) is 28.8 Å². The van der Waals surface area contributed by atoms with Gasteiger partial charge in [0, 0.05) is 29.1 Å². The van der Waals surface area contributed by atoms with Crippen LogP contribution in [0.3, 0.4) is 0 Å². The van der Waals surface area contributed by atoms with Crippen LogP contribution < -0.4 is 15.4 Å². The maximum absolute atomic E-state index is 13.8. The summed E-state index contributed by atoms with van der Waals surface area (Å²) in [6.07, 6.45) is 1.65. The molecule has 0 bridgehead atoms. The Balaban J connectivity index is 1.15. The highest BCUT2D eigenvalue weighted by molar-refractivity contribution is 6.21. The first-order valence-electron chi connectivity index (χ1n) is 16.9. The summed E-state index contributed by atoms with van der Waals surface area (Å²) in [6.45, 7) is 0.00350. The van der Waals surface area contributed by atoms with Crippen molar-refractivity contribution >= 4 is 34.6 Å². The van der Waals surface area contributed by atoms with Crippen molar-refractivity contribution in [1.82, 2.24) is 15.5 Å². The molecule has 0 saturated heterocycles. The Morgan fingerprint density at radius 3 is 2.13 bits per heavy atom. The van der Waals surface area contributed by atoms with Gasteiger partial charge in [-0.25, -0.2) is 4.39 Å². The molecule has 8 rings (SSSR count). The minimum Gasteiger partial charge on any atom is -0.491 e. The lowest BCUT2D eigenvalue weighted by molar-refractivity contribution is 0.0630. The SMILES string of the molecule is CNC(=O)c1c(-c2ccc(F)cc2)oc2ccc(-c3cc(C(=O)NC4(c5ccccc5)CC4)ccc3OCCN3C(=O)c4ccccc4C3=O)cc12. The van der Waals surface area contributed by atoms with Crippen LogP contribution in [0.5, 0.6) is 5.75 Å². The van der Waals surface area contributed by atoms with Crippen molar-refractivity contribution in [3.8, 4) is 28.2 Å². The average Bonchev–Trinajstić information content (AvgIpc) is 3.80. The van der Waals surface area contributed by atoms with Crippen LogP contribution in [0, 0.1) is 5.82 Å². The van der Waals surface area contributed by atoms with Crippen LogP contribution in [0.15, 0.2) is 120 Å². The first-order valence-corrected chi connectivity index (χ1v) is 16.9. The number of halogens is 1. The van der Waals surface area contributed by atoms with E-state index in [-0.39, 0.29) is 42.2 Å². The maximum atomic E-state index is 13.8. The molecule has 2 heterocycles. The number of fused-ring (bicyclic) bond motifs is 2. The first kappa shape index (κ1) is 32.6. The van der Waals surface area contributed by atoms with Gasteiger partial charge in [0.1, 0.15) is 29.5 Å². The molecule has 1 saturated carbocycles. The minimum atomic E-state index is -0.436. The van der Waals surface area contributed by atoms with Crippen molar-refractivity contribution in [2.45, 2.75) is 18.4 Å². The zero-order valence-electron chi connectivity index (χ0n) is 28.1. The van der Waals surface area contributed by atoms with E-state index in [1.165, 1.54) is 19.2 Å². The third kappa shape index (κ3) is 5.77. The molecule has 10 heteroatoms. The van der Waals surface area contributed by atoms with E-state index in [0.717, 1.165) is 23.3 Å². The summed E-state index contributed by atoms with van der Waals surface area (Å²) in [5.41, 5.74) is 4.12. The molecule has 258 valence electrons. The molecule has 0 spiro atoms. The van der Waals surface area contributed by atoms with Crippen LogP contribution in [0.25, 0.3) is 33.4 Å². The second-order valence-electron chi connectivity index (χ2n) is 12.9. The lowest BCUT2D eigenvalue weighted by Crippen LogP contribution is -2.34. The van der Waals surface area contributed by atoms with Crippen molar-refractivity contribution < 1.29 is 32.7 Å². The molecule has 1 aliphatic heterocycles. The van der Waals surface area contributed by atoms with Gasteiger partial charge >= 0.3 is 0 Å². The highest BCUT2D eigenvalue weighted by atomic mass is 19.1. The van der Waals surface area contributed by atoms with Gasteiger partial charge in [-0.1, -0.05) is 48.5 Å². The third-order valence-electron chi connectivity index (χ3n) is 9.68. The van der Waals surface area contributed by atoms with E-state index in [4.69, 9.17) is 9.15 Å². The second-order valence-corrected chi connectivity index (χ2v) is 12.9. The van der Waals surface area contributed by atoms with Gasteiger partial charge in [0.15, 0.2) is 0 Å². The van der Waals surface area contributed by atoms with E-state index in [2.05, 4.69) is 10.6 Å². The Kier molecular flexibility index (Phi) is 8.14. The molecule has 1 aliphatic carbocycles. The lowest BCUT2D eigenvalue weighted by atomic mass is 9.97. The van der Waals surface area contributed by atoms with E-state index in [1.807, 2.05) is 30.3 Å². The minimum absolute atomic E-state index is 0.00666. The molecule has 4 amide bonds. The number of imide groups is 1. The number of benzene rings is 5. The van der Waals surface area contributed by atoms with Crippen LogP contribution in [0.1, 0.15) is 59.8 Å². The summed E-state index contributed by atoms with van der Waals surface area (Å²) < 4.78 is 26.2. The molecule has 1 fully saturated rings. The zero-order valence-corrected chi connectivity index (χ0v) is 28.1. The molecule has 0 radical (unpaired) electrons. The van der Waals surface area contributed by atoms with Crippen molar-refractivity contribution in [2.24, 2.45) is 0 Å². The second kappa shape index (κ2) is 13.0. The zero-order chi connectivity index (χ0) is 36.0. The first-order chi connectivity index (χ1) is 25.3. The van der Waals surface area contributed by atoms with Gasteiger partial charge < -0.3 is 19.8 Å². The van der Waals surface area contributed by atoms with Crippen LogP contribution >= 0.6 is 0 Å². The predicted octanol–water partition coefficient (Wildman–Crippen LogP) is 7.36. The number of carbonyl (C=O) groups excluding carboxylic acids is 4. The quantitative estimate of drug-likeness (QED) is 0.145. The van der Waals surface area contributed by atoms with Crippen molar-refractivity contribution in [1.29, 1.82) is 0 Å². The van der Waals surface area contributed by atoms with Gasteiger partial charge in [-0.15, -0.1) is 0 Å². The Hall–Kier alpha value is -6.55. The summed E-state index contributed by atoms with van der Waals surface area (Å²) in [7, 11) is 1.52. The Labute approximate surface area is 298 Å². The number of furan rings is 1. The molecule has 0 unspecified atom stereocenters. The third-order valence-corrected chi connectivity index (χ3v) is 9.68. The topological polar surface area (TPSA) is 118 Å². The number of carbonyl (C=O) groups is 4. The summed E-state index contributed by atoms with van der Waals surface area (Å²) in [4.78, 5) is 54.2. The van der Waals surface area contributed by atoms with Crippen LogP contribution in [0.2, 0.25) is 0 Å². The van der Waals surface area contributed by atoms with Gasteiger partial charge in [-0.2, -0.15) is 0 Å². The number of ether oxygens (including phenoxy) is 1. The summed E-state index contributed by atoms with van der Waals surface area (Å²) >= 11 is 0. The monoisotopic (exact) mass is 693 g/mol. The van der Waals surface area contributed by atoms with Crippen molar-refractivity contribution in [3.05, 3.63) is 149 Å². The van der Waals surface area contributed by atoms with Crippen LogP contribution in [-0.2, 0) is 5.54 Å². The van der Waals surface area contributed by atoms with E-state index in [1.54, 1.807) is 72.8 Å². The van der Waals surface area contributed by atoms with E-state index >= 15 is 0 Å². The number of nitrogens with one attached hydrogen (secondary N) is 2. The van der Waals surface area contributed by atoms with E-state index < -0.39 is 17.3 Å². The molecule has 6 aromatic rings. The molecule has 2 N–H and O–H groups in total. The normalized spacial score (nSPS) is 14.3. The average molecular weight is 694 g/mol. The number of hydrogen-bond donors (Lipinski definition) is 2. The molecule has 9 nitrogen and oxygen atoms in total. The van der Waals surface area contributed by atoms with Gasteiger partial charge in [-0.3, -0.25) is 24.1 Å². The Morgan fingerprint density at radius 2 is 1.46 bits per heavy atom. The molecule has 52 heavy (non-hydrogen) atoms. The molecular weight excluding hydrogens is 661 g/mol. The van der Waals surface area contributed by atoms with Crippen molar-refractivity contribution in [3.63, 3.8) is 0 Å². The highest BCUT2D eigenvalue weighted by Crippen LogP contribution is 2.46. The number of hydrogen-bond acceptors (Lipinski definition) is 6. The van der Waals surface area contributed by atoms with Gasteiger partial charge in [0.2, 0.25) is 0 Å².